The van der Waals surface area contributed by atoms with Crippen molar-refractivity contribution in [1.29, 1.82) is 0 Å². The summed E-state index contributed by atoms with van der Waals surface area (Å²) in [6, 6.07) is 9.42. The minimum Gasteiger partial charge on any atom is -0.443 e. The van der Waals surface area contributed by atoms with Crippen molar-refractivity contribution in [2.24, 2.45) is 4.99 Å². The Labute approximate surface area is 166 Å². The van der Waals surface area contributed by atoms with Gasteiger partial charge in [0.05, 0.1) is 11.9 Å². The Morgan fingerprint density at radius 2 is 1.46 bits per heavy atom. The highest BCUT2D eigenvalue weighted by atomic mass is 16.6. The van der Waals surface area contributed by atoms with E-state index in [1.807, 2.05) is 37.3 Å². The van der Waals surface area contributed by atoms with Gasteiger partial charge in [-0.1, -0.05) is 30.3 Å². The molecular formula is C21H29N3O4. The number of carbonyl (C=O) groups excluding carboxylic acids is 2. The van der Waals surface area contributed by atoms with Crippen molar-refractivity contribution in [3.63, 3.8) is 0 Å². The molecule has 0 aliphatic carbocycles. The van der Waals surface area contributed by atoms with E-state index in [4.69, 9.17) is 9.47 Å². The van der Waals surface area contributed by atoms with E-state index in [0.717, 1.165) is 10.5 Å². The number of nitrogens with zero attached hydrogens (tertiary/aromatic N) is 2. The highest BCUT2D eigenvalue weighted by molar-refractivity contribution is 6.03. The second-order valence-electron chi connectivity index (χ2n) is 8.52. The number of carbonyl (C=O) groups is 2. The molecule has 28 heavy (non-hydrogen) atoms. The summed E-state index contributed by atoms with van der Waals surface area (Å²) in [5.41, 5.74) is 0.120. The summed E-state index contributed by atoms with van der Waals surface area (Å²) in [7, 11) is 0. The zero-order chi connectivity index (χ0) is 21.1. The lowest BCUT2D eigenvalue weighted by Gasteiger charge is -2.32. The molecule has 0 aromatic heterocycles. The molecule has 1 atom stereocenters. The summed E-state index contributed by atoms with van der Waals surface area (Å²) in [6.07, 6.45) is -0.365. The largest absolute Gasteiger partial charge is 0.443 e. The Balaban J connectivity index is 2.57. The SMILES string of the molecule is CC1N=CC(N(C(=O)OC(C)(C)C)C(=O)OC(C)(C)C)=C(c2ccccc2)N1. The van der Waals surface area contributed by atoms with Gasteiger partial charge in [0.1, 0.15) is 23.1 Å². The van der Waals surface area contributed by atoms with E-state index in [9.17, 15) is 9.59 Å². The number of rotatable bonds is 2. The van der Waals surface area contributed by atoms with E-state index in [-0.39, 0.29) is 11.9 Å². The molecule has 0 radical (unpaired) electrons. The van der Waals surface area contributed by atoms with Gasteiger partial charge in [-0.2, -0.15) is 4.90 Å². The summed E-state index contributed by atoms with van der Waals surface area (Å²) in [5.74, 6) is 0. The van der Waals surface area contributed by atoms with Crippen LogP contribution in [0.2, 0.25) is 0 Å². The second kappa shape index (κ2) is 8.04. The number of aliphatic imine (C=N–C) groups is 1. The van der Waals surface area contributed by atoms with Crippen molar-refractivity contribution in [1.82, 2.24) is 10.2 Å². The quantitative estimate of drug-likeness (QED) is 0.805. The molecule has 7 nitrogen and oxygen atoms in total. The molecule has 0 spiro atoms. The van der Waals surface area contributed by atoms with Gasteiger partial charge in [0.25, 0.3) is 0 Å². The predicted octanol–water partition coefficient (Wildman–Crippen LogP) is 4.55. The number of amides is 2. The monoisotopic (exact) mass is 387 g/mol. The summed E-state index contributed by atoms with van der Waals surface area (Å²) >= 11 is 0. The molecule has 152 valence electrons. The zero-order valence-corrected chi connectivity index (χ0v) is 17.6. The molecule has 1 unspecified atom stereocenters. The second-order valence-corrected chi connectivity index (χ2v) is 8.52. The fraction of sp³-hybridized carbons (Fsp3) is 0.476. The number of benzene rings is 1. The van der Waals surface area contributed by atoms with Gasteiger partial charge in [-0.05, 0) is 54.0 Å². The summed E-state index contributed by atoms with van der Waals surface area (Å²) in [4.78, 5) is 31.1. The van der Waals surface area contributed by atoms with Gasteiger partial charge in [-0.15, -0.1) is 0 Å². The van der Waals surface area contributed by atoms with Crippen LogP contribution in [0.15, 0.2) is 41.0 Å². The highest BCUT2D eigenvalue weighted by Gasteiger charge is 2.36. The fourth-order valence-electron chi connectivity index (χ4n) is 2.46. The highest BCUT2D eigenvalue weighted by Crippen LogP contribution is 2.25. The van der Waals surface area contributed by atoms with Crippen LogP contribution in [0.1, 0.15) is 54.0 Å². The first-order valence-corrected chi connectivity index (χ1v) is 9.23. The molecule has 0 fully saturated rings. The van der Waals surface area contributed by atoms with Gasteiger partial charge in [-0.3, -0.25) is 4.99 Å². The standard InChI is InChI=1S/C21H29N3O4/c1-14-22-13-16(17(23-14)15-11-9-8-10-12-15)24(18(25)27-20(2,3)4)19(26)28-21(5,6)7/h8-14,23H,1-7H3. The first kappa shape index (κ1) is 21.5. The van der Waals surface area contributed by atoms with Crippen molar-refractivity contribution in [3.05, 3.63) is 41.6 Å². The first-order valence-electron chi connectivity index (χ1n) is 9.23. The Hall–Kier alpha value is -2.83. The van der Waals surface area contributed by atoms with Gasteiger partial charge in [-0.25, -0.2) is 9.59 Å². The molecule has 1 aromatic rings. The molecular weight excluding hydrogens is 358 g/mol. The number of imide groups is 1. The van der Waals surface area contributed by atoms with Gasteiger partial charge in [0.2, 0.25) is 0 Å². The fourth-order valence-corrected chi connectivity index (χ4v) is 2.46. The molecule has 0 saturated heterocycles. The Morgan fingerprint density at radius 3 is 1.93 bits per heavy atom. The third-order valence-corrected chi connectivity index (χ3v) is 3.49. The average molecular weight is 387 g/mol. The minimum absolute atomic E-state index is 0.210. The van der Waals surface area contributed by atoms with Crippen LogP contribution in [-0.2, 0) is 9.47 Å². The maximum atomic E-state index is 12.9. The number of allylic oxidation sites excluding steroid dienone is 1. The lowest BCUT2D eigenvalue weighted by atomic mass is 10.1. The van der Waals surface area contributed by atoms with Crippen LogP contribution < -0.4 is 5.32 Å². The Kier molecular flexibility index (Phi) is 6.17. The van der Waals surface area contributed by atoms with Crippen molar-refractivity contribution in [2.45, 2.75) is 65.8 Å². The number of nitrogens with one attached hydrogen (secondary N) is 1. The Morgan fingerprint density at radius 1 is 0.964 bits per heavy atom. The van der Waals surface area contributed by atoms with Gasteiger partial charge >= 0.3 is 12.2 Å². The number of hydrogen-bond donors (Lipinski definition) is 1. The van der Waals surface area contributed by atoms with Crippen molar-refractivity contribution < 1.29 is 19.1 Å². The maximum absolute atomic E-state index is 12.9. The topological polar surface area (TPSA) is 80.2 Å². The predicted molar refractivity (Wildman–Crippen MR) is 109 cm³/mol. The smallest absolute Gasteiger partial charge is 0.424 e. The van der Waals surface area contributed by atoms with E-state index in [1.165, 1.54) is 6.21 Å². The molecule has 0 saturated carbocycles. The first-order chi connectivity index (χ1) is 12.9. The van der Waals surface area contributed by atoms with Crippen LogP contribution in [-0.4, -0.2) is 40.7 Å². The summed E-state index contributed by atoms with van der Waals surface area (Å²) in [5, 5.41) is 3.22. The van der Waals surface area contributed by atoms with Gasteiger partial charge in [0, 0.05) is 0 Å². The van der Waals surface area contributed by atoms with Crippen LogP contribution in [0, 0.1) is 0 Å². The van der Waals surface area contributed by atoms with Crippen LogP contribution in [0.3, 0.4) is 0 Å². The third-order valence-electron chi connectivity index (χ3n) is 3.49. The van der Waals surface area contributed by atoms with Crippen LogP contribution in [0.25, 0.3) is 5.70 Å². The van der Waals surface area contributed by atoms with Crippen LogP contribution in [0.4, 0.5) is 9.59 Å². The van der Waals surface area contributed by atoms with E-state index >= 15 is 0 Å². The molecule has 1 heterocycles. The van der Waals surface area contributed by atoms with E-state index in [2.05, 4.69) is 10.3 Å². The van der Waals surface area contributed by atoms with Crippen molar-refractivity contribution in [2.75, 3.05) is 0 Å². The van der Waals surface area contributed by atoms with E-state index < -0.39 is 23.4 Å². The number of ether oxygens (including phenoxy) is 2. The summed E-state index contributed by atoms with van der Waals surface area (Å²) < 4.78 is 10.9. The maximum Gasteiger partial charge on any atom is 0.424 e. The van der Waals surface area contributed by atoms with Crippen molar-refractivity contribution >= 4 is 24.1 Å². The van der Waals surface area contributed by atoms with Crippen molar-refractivity contribution in [3.8, 4) is 0 Å². The van der Waals surface area contributed by atoms with E-state index in [0.29, 0.717) is 5.70 Å². The minimum atomic E-state index is -0.826. The lowest BCUT2D eigenvalue weighted by molar-refractivity contribution is 0.00952. The number of hydrogen-bond acceptors (Lipinski definition) is 6. The molecule has 1 aliphatic heterocycles. The van der Waals surface area contributed by atoms with Gasteiger partial charge in [0.15, 0.2) is 0 Å². The molecule has 0 bridgehead atoms. The molecule has 2 rings (SSSR count). The molecule has 1 N–H and O–H groups in total. The summed E-state index contributed by atoms with van der Waals surface area (Å²) in [6.45, 7) is 12.3. The zero-order valence-electron chi connectivity index (χ0n) is 17.6. The average Bonchev–Trinajstić information content (AvgIpc) is 2.54. The van der Waals surface area contributed by atoms with Crippen LogP contribution >= 0.6 is 0 Å². The van der Waals surface area contributed by atoms with E-state index in [1.54, 1.807) is 41.5 Å². The molecule has 7 heteroatoms. The molecule has 1 aliphatic rings. The Bertz CT molecular complexity index is 758. The molecule has 1 aromatic carbocycles. The normalized spacial score (nSPS) is 17.0. The van der Waals surface area contributed by atoms with Crippen LogP contribution in [0.5, 0.6) is 0 Å². The third kappa shape index (κ3) is 5.84. The van der Waals surface area contributed by atoms with Gasteiger partial charge < -0.3 is 14.8 Å². The molecule has 2 amide bonds. The lowest BCUT2D eigenvalue weighted by Crippen LogP contribution is -2.45.